The molecule has 0 radical (unpaired) electrons. The van der Waals surface area contributed by atoms with Crippen molar-refractivity contribution < 1.29 is 4.79 Å². The van der Waals surface area contributed by atoms with Gasteiger partial charge in [0.05, 0.1) is 11.8 Å². The lowest BCUT2D eigenvalue weighted by Gasteiger charge is -2.10. The van der Waals surface area contributed by atoms with Crippen molar-refractivity contribution in [2.24, 2.45) is 0 Å². The third-order valence-electron chi connectivity index (χ3n) is 2.49. The van der Waals surface area contributed by atoms with Crippen LogP contribution in [0.2, 0.25) is 0 Å². The maximum Gasteiger partial charge on any atom is 0.252 e. The molecule has 2 rings (SSSR count). The van der Waals surface area contributed by atoms with Crippen LogP contribution in [0.4, 0.5) is 0 Å². The first-order valence-corrected chi connectivity index (χ1v) is 5.39. The number of carbonyl (C=O) groups excluding carboxylic acids is 1. The van der Waals surface area contributed by atoms with Crippen molar-refractivity contribution in [2.75, 3.05) is 0 Å². The second-order valence-corrected chi connectivity index (χ2v) is 3.77. The summed E-state index contributed by atoms with van der Waals surface area (Å²) in [5.74, 6) is -0.388. The summed E-state index contributed by atoms with van der Waals surface area (Å²) < 4.78 is 0. The number of aromatic amines is 1. The fourth-order valence-corrected chi connectivity index (χ4v) is 1.57. The molecule has 0 bridgehead atoms. The number of amides is 1. The molecule has 3 N–H and O–H groups in total. The summed E-state index contributed by atoms with van der Waals surface area (Å²) in [4.78, 5) is 14.2. The maximum atomic E-state index is 11.1. The third kappa shape index (κ3) is 2.50. The molecule has 0 saturated carbocycles. The number of H-pyrrole nitrogens is 1. The molecule has 0 aliphatic carbocycles. The lowest BCUT2D eigenvalue weighted by molar-refractivity contribution is -0.120. The van der Waals surface area contributed by atoms with Crippen LogP contribution in [0.15, 0.2) is 37.0 Å². The van der Waals surface area contributed by atoms with Crippen molar-refractivity contribution in [3.05, 3.63) is 42.6 Å². The minimum Gasteiger partial charge on any atom is -0.361 e. The minimum atomic E-state index is -0.388. The molecule has 0 aliphatic heterocycles. The Kier molecular flexibility index (Phi) is 3.30. The summed E-state index contributed by atoms with van der Waals surface area (Å²) in [5, 5.41) is 9.42. The molecule has 1 heterocycles. The Morgan fingerprint density at radius 2 is 2.22 bits per heavy atom. The fourth-order valence-electron chi connectivity index (χ4n) is 1.57. The second kappa shape index (κ2) is 5.06. The lowest BCUT2D eigenvalue weighted by Crippen LogP contribution is -2.35. The predicted molar refractivity (Wildman–Crippen MR) is 68.8 cm³/mol. The Hall–Kier alpha value is -2.74. The van der Waals surface area contributed by atoms with Gasteiger partial charge in [-0.05, 0) is 23.8 Å². The SMILES string of the molecule is C=C(NNC(=O)CC#N)c1ccc2[nH]ccc2c1. The monoisotopic (exact) mass is 240 g/mol. The zero-order valence-corrected chi connectivity index (χ0v) is 9.66. The molecule has 1 amide bonds. The maximum absolute atomic E-state index is 11.1. The number of rotatable bonds is 4. The lowest BCUT2D eigenvalue weighted by atomic mass is 10.1. The van der Waals surface area contributed by atoms with E-state index in [1.54, 1.807) is 6.07 Å². The van der Waals surface area contributed by atoms with Crippen LogP contribution in [0.25, 0.3) is 16.6 Å². The number of hydrogen-bond donors (Lipinski definition) is 3. The van der Waals surface area contributed by atoms with Gasteiger partial charge in [-0.3, -0.25) is 15.6 Å². The average Bonchev–Trinajstić information content (AvgIpc) is 2.83. The van der Waals surface area contributed by atoms with Crippen LogP contribution in [-0.4, -0.2) is 10.9 Å². The smallest absolute Gasteiger partial charge is 0.252 e. The number of fused-ring (bicyclic) bond motifs is 1. The quantitative estimate of drug-likeness (QED) is 0.711. The molecule has 1 aromatic heterocycles. The number of hydrogen-bond acceptors (Lipinski definition) is 3. The molecule has 0 atom stereocenters. The van der Waals surface area contributed by atoms with Crippen LogP contribution in [0.1, 0.15) is 12.0 Å². The Morgan fingerprint density at radius 3 is 3.00 bits per heavy atom. The Balaban J connectivity index is 2.04. The Labute approximate surface area is 104 Å². The van der Waals surface area contributed by atoms with Crippen molar-refractivity contribution in [3.63, 3.8) is 0 Å². The van der Waals surface area contributed by atoms with Gasteiger partial charge in [-0.15, -0.1) is 0 Å². The van der Waals surface area contributed by atoms with Gasteiger partial charge in [-0.2, -0.15) is 5.26 Å². The largest absolute Gasteiger partial charge is 0.361 e. The van der Waals surface area contributed by atoms with E-state index in [1.165, 1.54) is 0 Å². The highest BCUT2D eigenvalue weighted by atomic mass is 16.2. The zero-order valence-electron chi connectivity index (χ0n) is 9.66. The van der Waals surface area contributed by atoms with E-state index in [2.05, 4.69) is 22.4 Å². The Morgan fingerprint density at radius 1 is 1.39 bits per heavy atom. The average molecular weight is 240 g/mol. The molecular formula is C13H12N4O. The van der Waals surface area contributed by atoms with Crippen LogP contribution in [-0.2, 0) is 4.79 Å². The van der Waals surface area contributed by atoms with Gasteiger partial charge in [0.25, 0.3) is 5.91 Å². The van der Waals surface area contributed by atoms with Crippen LogP contribution >= 0.6 is 0 Å². The first-order valence-electron chi connectivity index (χ1n) is 5.39. The van der Waals surface area contributed by atoms with Crippen molar-refractivity contribution in [1.82, 2.24) is 15.8 Å². The fraction of sp³-hybridized carbons (Fsp3) is 0.0769. The van der Waals surface area contributed by atoms with Gasteiger partial charge in [0.1, 0.15) is 6.42 Å². The van der Waals surface area contributed by atoms with Crippen LogP contribution in [0, 0.1) is 11.3 Å². The standard InChI is InChI=1S/C13H12N4O/c1-9(16-17-13(18)4-6-14)10-2-3-12-11(8-10)5-7-15-12/h2-3,5,7-8,15-16H,1,4H2,(H,17,18). The number of hydrazine groups is 1. The van der Waals surface area contributed by atoms with Crippen molar-refractivity contribution in [2.45, 2.75) is 6.42 Å². The van der Waals surface area contributed by atoms with E-state index in [9.17, 15) is 4.79 Å². The molecule has 18 heavy (non-hydrogen) atoms. The van der Waals surface area contributed by atoms with E-state index in [4.69, 9.17) is 5.26 Å². The molecule has 0 unspecified atom stereocenters. The minimum absolute atomic E-state index is 0.183. The van der Waals surface area contributed by atoms with Crippen molar-refractivity contribution >= 4 is 22.5 Å². The highest BCUT2D eigenvalue weighted by Crippen LogP contribution is 2.17. The predicted octanol–water partition coefficient (Wildman–Crippen LogP) is 1.67. The number of nitriles is 1. The zero-order chi connectivity index (χ0) is 13.0. The number of benzene rings is 1. The number of aromatic nitrogens is 1. The number of nitrogens with zero attached hydrogens (tertiary/aromatic N) is 1. The normalized spacial score (nSPS) is 9.72. The van der Waals surface area contributed by atoms with Crippen molar-refractivity contribution in [3.8, 4) is 6.07 Å². The summed E-state index contributed by atoms with van der Waals surface area (Å²) in [6, 6.07) is 9.51. The summed E-state index contributed by atoms with van der Waals surface area (Å²) in [6.07, 6.45) is 1.68. The molecule has 90 valence electrons. The van der Waals surface area contributed by atoms with Gasteiger partial charge in [-0.1, -0.05) is 12.6 Å². The molecular weight excluding hydrogens is 228 g/mol. The number of carbonyl (C=O) groups is 1. The molecule has 5 heteroatoms. The van der Waals surface area contributed by atoms with E-state index < -0.39 is 0 Å². The Bertz CT molecular complexity index is 636. The van der Waals surface area contributed by atoms with E-state index in [-0.39, 0.29) is 12.3 Å². The molecule has 2 aromatic rings. The number of nitrogens with one attached hydrogen (secondary N) is 3. The third-order valence-corrected chi connectivity index (χ3v) is 2.49. The summed E-state index contributed by atoms with van der Waals surface area (Å²) >= 11 is 0. The van der Waals surface area contributed by atoms with E-state index in [0.29, 0.717) is 5.70 Å². The van der Waals surface area contributed by atoms with E-state index >= 15 is 0 Å². The van der Waals surface area contributed by atoms with Crippen LogP contribution in [0.3, 0.4) is 0 Å². The van der Waals surface area contributed by atoms with Gasteiger partial charge in [0.2, 0.25) is 0 Å². The summed E-state index contributed by atoms with van der Waals surface area (Å²) in [5.41, 5.74) is 7.58. The highest BCUT2D eigenvalue weighted by Gasteiger charge is 2.03. The molecule has 1 aromatic carbocycles. The molecule has 0 spiro atoms. The molecule has 0 aliphatic rings. The van der Waals surface area contributed by atoms with Gasteiger partial charge in [0.15, 0.2) is 0 Å². The molecule has 5 nitrogen and oxygen atoms in total. The second-order valence-electron chi connectivity index (χ2n) is 3.77. The van der Waals surface area contributed by atoms with E-state index in [0.717, 1.165) is 16.5 Å². The van der Waals surface area contributed by atoms with Gasteiger partial charge >= 0.3 is 0 Å². The van der Waals surface area contributed by atoms with Gasteiger partial charge < -0.3 is 4.98 Å². The molecule has 0 fully saturated rings. The van der Waals surface area contributed by atoms with E-state index in [1.807, 2.05) is 30.5 Å². The topological polar surface area (TPSA) is 80.7 Å². The van der Waals surface area contributed by atoms with Gasteiger partial charge in [-0.25, -0.2) is 0 Å². The molecule has 0 saturated heterocycles. The van der Waals surface area contributed by atoms with Gasteiger partial charge in [0, 0.05) is 17.1 Å². The van der Waals surface area contributed by atoms with Crippen LogP contribution < -0.4 is 10.9 Å². The van der Waals surface area contributed by atoms with Crippen LogP contribution in [0.5, 0.6) is 0 Å². The van der Waals surface area contributed by atoms with Crippen molar-refractivity contribution in [1.29, 1.82) is 5.26 Å². The summed E-state index contributed by atoms with van der Waals surface area (Å²) in [6.45, 7) is 3.83. The first kappa shape index (κ1) is 11.7. The summed E-state index contributed by atoms with van der Waals surface area (Å²) in [7, 11) is 0. The first-order chi connectivity index (χ1) is 8.70. The highest BCUT2D eigenvalue weighted by molar-refractivity contribution is 5.84.